The van der Waals surface area contributed by atoms with Gasteiger partial charge in [-0.15, -0.1) is 22.0 Å². The molecule has 2 aromatic heterocycles. The summed E-state index contributed by atoms with van der Waals surface area (Å²) in [6.45, 7) is 5.41. The molecular weight excluding hydrogens is 619 g/mol. The zero-order chi connectivity index (χ0) is 29.9. The van der Waals surface area contributed by atoms with Crippen molar-refractivity contribution >= 4 is 81.1 Å². The maximum absolute atomic E-state index is 13.0. The molecule has 0 spiro atoms. The predicted molar refractivity (Wildman–Crippen MR) is 151 cm³/mol. The molecule has 0 aliphatic carbocycles. The molecule has 0 bridgehead atoms. The maximum atomic E-state index is 13.0. The number of hydrogen-bond donors (Lipinski definition) is 4. The molecule has 2 aliphatic rings. The van der Waals surface area contributed by atoms with E-state index in [1.54, 1.807) is 20.8 Å². The molecule has 1 fully saturated rings. The number of ether oxygens (including phenoxy) is 1. The normalized spacial score (nSPS) is 18.9. The number of oxime groups is 1. The van der Waals surface area contributed by atoms with Gasteiger partial charge in [-0.05, 0) is 26.3 Å². The van der Waals surface area contributed by atoms with Crippen molar-refractivity contribution in [3.8, 4) is 0 Å². The summed E-state index contributed by atoms with van der Waals surface area (Å²) < 4.78 is 9.70. The van der Waals surface area contributed by atoms with Crippen LogP contribution in [0.3, 0.4) is 0 Å². The minimum absolute atomic E-state index is 0.0577. The molecule has 1 unspecified atom stereocenters. The summed E-state index contributed by atoms with van der Waals surface area (Å²) >= 11 is 4.70. The number of nitrogens with zero attached hydrogens (tertiary/aromatic N) is 6. The Morgan fingerprint density at radius 2 is 2.05 bits per heavy atom. The van der Waals surface area contributed by atoms with Crippen LogP contribution in [-0.2, 0) is 30.5 Å². The maximum Gasteiger partial charge on any atom is 0.408 e. The highest BCUT2D eigenvalue weighted by Gasteiger charge is 2.54. The summed E-state index contributed by atoms with van der Waals surface area (Å²) in [5.74, 6) is -2.10. The number of aliphatic carboxylic acids is 1. The molecule has 2 atom stereocenters. The number of rotatable bonds is 10. The minimum atomic E-state index is -1.26. The van der Waals surface area contributed by atoms with Crippen LogP contribution in [0.2, 0.25) is 0 Å². The predicted octanol–water partition coefficient (Wildman–Crippen LogP) is 0.878. The first-order valence-corrected chi connectivity index (χ1v) is 15.3. The van der Waals surface area contributed by atoms with Crippen molar-refractivity contribution in [3.63, 3.8) is 0 Å². The van der Waals surface area contributed by atoms with Crippen molar-refractivity contribution in [2.75, 3.05) is 24.3 Å². The molecule has 3 amide bonds. The number of nitrogens with one attached hydrogen (secondary N) is 2. The number of carbonyl (C=O) groups excluding carboxylic acids is 3. The Labute approximate surface area is 249 Å². The third-order valence-electron chi connectivity index (χ3n) is 5.19. The Morgan fingerprint density at radius 1 is 1.29 bits per heavy atom. The van der Waals surface area contributed by atoms with Crippen LogP contribution < -0.4 is 16.4 Å². The van der Waals surface area contributed by atoms with E-state index in [0.29, 0.717) is 20.7 Å². The molecule has 2 aromatic rings. The Morgan fingerprint density at radius 3 is 2.68 bits per heavy atom. The molecule has 16 nitrogen and oxygen atoms in total. The number of nitrogen functional groups attached to an aromatic ring is 1. The van der Waals surface area contributed by atoms with Gasteiger partial charge in [-0.2, -0.15) is 9.36 Å². The first kappa shape index (κ1) is 30.5. The van der Waals surface area contributed by atoms with Crippen molar-refractivity contribution in [1.82, 2.24) is 35.1 Å². The lowest BCUT2D eigenvalue weighted by Gasteiger charge is -2.49. The molecule has 0 aromatic carbocycles. The van der Waals surface area contributed by atoms with Gasteiger partial charge in [0.2, 0.25) is 11.5 Å². The van der Waals surface area contributed by atoms with Gasteiger partial charge in [-0.3, -0.25) is 14.5 Å². The number of nitrogens with two attached hydrogens (primary N) is 1. The van der Waals surface area contributed by atoms with Crippen LogP contribution in [0.1, 0.15) is 31.6 Å². The summed E-state index contributed by atoms with van der Waals surface area (Å²) in [7, 11) is 1.24. The molecule has 1 saturated heterocycles. The lowest BCUT2D eigenvalue weighted by atomic mass is 10.0. The number of thioether (sulfide) groups is 2. The highest BCUT2D eigenvalue weighted by molar-refractivity contribution is 8.01. The Hall–Kier alpha value is -3.49. The smallest absolute Gasteiger partial charge is 0.408 e. The second kappa shape index (κ2) is 12.6. The van der Waals surface area contributed by atoms with E-state index in [0.717, 1.165) is 11.5 Å². The van der Waals surface area contributed by atoms with E-state index in [-0.39, 0.29) is 34.7 Å². The van der Waals surface area contributed by atoms with Crippen LogP contribution in [-0.4, -0.2) is 94.8 Å². The Kier molecular flexibility index (Phi) is 9.34. The van der Waals surface area contributed by atoms with Crippen LogP contribution in [0, 0.1) is 0 Å². The fourth-order valence-electron chi connectivity index (χ4n) is 3.59. The molecular formula is C21H25N9O7S4. The fourth-order valence-corrected chi connectivity index (χ4v) is 7.34. The number of aromatic nitrogens is 4. The monoisotopic (exact) mass is 643 g/mol. The third-order valence-corrected chi connectivity index (χ3v) is 9.21. The van der Waals surface area contributed by atoms with Gasteiger partial charge in [-0.25, -0.2) is 9.59 Å². The number of amides is 3. The summed E-state index contributed by atoms with van der Waals surface area (Å²) in [6, 6.07) is -0.989. The fraction of sp³-hybridized carbons (Fsp3) is 0.476. The van der Waals surface area contributed by atoms with E-state index in [1.807, 2.05) is 0 Å². The summed E-state index contributed by atoms with van der Waals surface area (Å²) in [5, 5.41) is 26.9. The lowest BCUT2D eigenvalue weighted by molar-refractivity contribution is -0.150. The summed E-state index contributed by atoms with van der Waals surface area (Å²) in [4.78, 5) is 59.7. The number of alkyl carbamates (subject to hydrolysis) is 1. The highest BCUT2D eigenvalue weighted by atomic mass is 32.2. The molecule has 2 aliphatic heterocycles. The highest BCUT2D eigenvalue weighted by Crippen LogP contribution is 2.41. The van der Waals surface area contributed by atoms with Gasteiger partial charge in [-0.1, -0.05) is 28.3 Å². The van der Waals surface area contributed by atoms with Crippen molar-refractivity contribution in [3.05, 3.63) is 22.1 Å². The molecule has 5 N–H and O–H groups in total. The average Bonchev–Trinajstić information content (AvgIpc) is 3.54. The van der Waals surface area contributed by atoms with E-state index >= 15 is 0 Å². The van der Waals surface area contributed by atoms with Crippen LogP contribution in [0.25, 0.3) is 0 Å². The topological polar surface area (TPSA) is 224 Å². The zero-order valence-corrected chi connectivity index (χ0v) is 25.3. The second-order valence-electron chi connectivity index (χ2n) is 9.30. The number of anilines is 1. The molecule has 20 heteroatoms. The van der Waals surface area contributed by atoms with Gasteiger partial charge in [0.05, 0.1) is 6.54 Å². The van der Waals surface area contributed by atoms with Gasteiger partial charge in [0.25, 0.3) is 11.8 Å². The van der Waals surface area contributed by atoms with Crippen molar-refractivity contribution < 1.29 is 33.9 Å². The second-order valence-corrected chi connectivity index (χ2v) is 13.5. The van der Waals surface area contributed by atoms with E-state index in [4.69, 9.17) is 15.3 Å². The Balaban J connectivity index is 1.38. The van der Waals surface area contributed by atoms with E-state index in [2.05, 4.69) is 35.3 Å². The van der Waals surface area contributed by atoms with E-state index < -0.39 is 40.9 Å². The molecule has 220 valence electrons. The van der Waals surface area contributed by atoms with Crippen LogP contribution in [0.5, 0.6) is 0 Å². The van der Waals surface area contributed by atoms with Crippen LogP contribution in [0.4, 0.5) is 9.93 Å². The Bertz CT molecular complexity index is 1420. The lowest BCUT2D eigenvalue weighted by Crippen LogP contribution is -2.71. The largest absolute Gasteiger partial charge is 0.477 e. The first-order valence-electron chi connectivity index (χ1n) is 11.7. The number of β-lactam (4-membered cyclic amide) rings is 1. The number of fused-ring (bicyclic) bond motifs is 1. The summed E-state index contributed by atoms with van der Waals surface area (Å²) in [6.07, 6.45) is -0.577. The van der Waals surface area contributed by atoms with Crippen molar-refractivity contribution in [2.45, 2.75) is 48.7 Å². The minimum Gasteiger partial charge on any atom is -0.477 e. The SMILES string of the molecule is CON=C(C(=O)NC1C(=O)N2C(C(=O)O)=C(CSc3nnc(CNC(=O)OC(C)(C)C)s3)CS[C@H]12)c1nsc(N)n1. The third kappa shape index (κ3) is 7.24. The first-order chi connectivity index (χ1) is 19.4. The quantitative estimate of drug-likeness (QED) is 0.122. The van der Waals surface area contributed by atoms with Crippen LogP contribution >= 0.6 is 46.4 Å². The van der Waals surface area contributed by atoms with E-state index in [9.17, 15) is 24.3 Å². The van der Waals surface area contributed by atoms with Gasteiger partial charge in [0, 0.05) is 23.0 Å². The molecule has 4 heterocycles. The van der Waals surface area contributed by atoms with Gasteiger partial charge in [0.15, 0.2) is 9.47 Å². The van der Waals surface area contributed by atoms with Gasteiger partial charge in [0.1, 0.15) is 34.8 Å². The zero-order valence-electron chi connectivity index (χ0n) is 22.1. The summed E-state index contributed by atoms with van der Waals surface area (Å²) in [5.41, 5.74) is 5.08. The molecule has 0 saturated carbocycles. The van der Waals surface area contributed by atoms with Gasteiger partial charge < -0.3 is 31.0 Å². The number of carboxylic acid groups (broad SMARTS) is 1. The molecule has 41 heavy (non-hydrogen) atoms. The number of carbonyl (C=O) groups is 4. The standard InChI is InChI=1S/C21H25N9O7S4/c1-21(2,3)37-19(35)23-5-9-26-27-20(40-9)39-7-8-6-38-16-11(15(32)30(16)12(8)17(33)34)24-14(31)10(28-36-4)13-25-18(22)41-29-13/h11,16H,5-7H2,1-4H3,(H,23,35)(H,24,31)(H,33,34)(H2,22,25,29)/t11?,16-/m1/s1. The molecule has 4 rings (SSSR count). The van der Waals surface area contributed by atoms with Crippen molar-refractivity contribution in [1.29, 1.82) is 0 Å². The van der Waals surface area contributed by atoms with E-state index in [1.165, 1.54) is 46.9 Å². The van der Waals surface area contributed by atoms with Crippen molar-refractivity contribution in [2.24, 2.45) is 5.16 Å². The number of carboxylic acids is 1. The van der Waals surface area contributed by atoms with Crippen LogP contribution in [0.15, 0.2) is 20.8 Å². The number of hydrogen-bond acceptors (Lipinski definition) is 16. The van der Waals surface area contributed by atoms with Gasteiger partial charge >= 0.3 is 12.1 Å². The average molecular weight is 644 g/mol. The molecule has 0 radical (unpaired) electrons.